The molecule has 13 heavy (non-hydrogen) atoms. The monoisotopic (exact) mass is 172 g/mol. The van der Waals surface area contributed by atoms with Gasteiger partial charge in [0.2, 0.25) is 5.88 Å². The third-order valence-electron chi connectivity index (χ3n) is 1.79. The highest BCUT2D eigenvalue weighted by Crippen LogP contribution is 2.24. The Morgan fingerprint density at radius 2 is 1.77 bits per heavy atom. The summed E-state index contributed by atoms with van der Waals surface area (Å²) in [5, 5.41) is 16.5. The van der Waals surface area contributed by atoms with E-state index >= 15 is 0 Å². The molecule has 0 atom stereocenters. The molecule has 1 N–H and O–H groups in total. The Labute approximate surface area is 75.7 Å². The van der Waals surface area contributed by atoms with Crippen molar-refractivity contribution in [3.05, 3.63) is 42.6 Å². The normalized spacial score (nSPS) is 9.85. The zero-order valence-corrected chi connectivity index (χ0v) is 6.88. The summed E-state index contributed by atoms with van der Waals surface area (Å²) in [7, 11) is 0. The Hall–Kier alpha value is -1.90. The van der Waals surface area contributed by atoms with Crippen LogP contribution < -0.4 is 0 Å². The molecule has 0 amide bonds. The molecule has 3 heteroatoms. The van der Waals surface area contributed by atoms with Crippen molar-refractivity contribution in [2.24, 2.45) is 0 Å². The molecule has 0 saturated carbocycles. The summed E-state index contributed by atoms with van der Waals surface area (Å²) < 4.78 is 0. The van der Waals surface area contributed by atoms with Crippen molar-refractivity contribution in [2.45, 2.75) is 0 Å². The maximum atomic E-state index is 9.39. The molecule has 0 unspecified atom stereocenters. The largest absolute Gasteiger partial charge is 0.492 e. The van der Waals surface area contributed by atoms with E-state index in [-0.39, 0.29) is 5.88 Å². The molecule has 1 aromatic carbocycles. The van der Waals surface area contributed by atoms with Gasteiger partial charge in [-0.25, -0.2) is 0 Å². The summed E-state index contributed by atoms with van der Waals surface area (Å²) in [6.45, 7) is 0. The number of nitrogens with zero attached hydrogens (tertiary/aromatic N) is 2. The van der Waals surface area contributed by atoms with Gasteiger partial charge in [0.05, 0.1) is 6.20 Å². The second-order valence-corrected chi connectivity index (χ2v) is 2.63. The van der Waals surface area contributed by atoms with E-state index in [0.29, 0.717) is 5.56 Å². The predicted octanol–water partition coefficient (Wildman–Crippen LogP) is 1.85. The van der Waals surface area contributed by atoms with E-state index in [0.717, 1.165) is 5.56 Å². The molecule has 3 nitrogen and oxygen atoms in total. The van der Waals surface area contributed by atoms with Gasteiger partial charge in [-0.1, -0.05) is 30.3 Å². The average molecular weight is 172 g/mol. The van der Waals surface area contributed by atoms with Crippen LogP contribution in [0.1, 0.15) is 0 Å². The van der Waals surface area contributed by atoms with Gasteiger partial charge in [-0.15, -0.1) is 5.10 Å². The fourth-order valence-corrected chi connectivity index (χ4v) is 1.17. The molecule has 2 rings (SSSR count). The Balaban J connectivity index is 2.54. The third-order valence-corrected chi connectivity index (χ3v) is 1.79. The Morgan fingerprint density at radius 3 is 2.46 bits per heavy atom. The smallest absolute Gasteiger partial charge is 0.238 e. The van der Waals surface area contributed by atoms with Gasteiger partial charge in [0.25, 0.3) is 0 Å². The van der Waals surface area contributed by atoms with E-state index in [9.17, 15) is 5.11 Å². The highest BCUT2D eigenvalue weighted by molar-refractivity contribution is 5.67. The summed E-state index contributed by atoms with van der Waals surface area (Å²) >= 11 is 0. The van der Waals surface area contributed by atoms with Crippen LogP contribution in [0.4, 0.5) is 0 Å². The Kier molecular flexibility index (Phi) is 1.92. The van der Waals surface area contributed by atoms with Gasteiger partial charge in [-0.05, 0) is 11.6 Å². The van der Waals surface area contributed by atoms with Crippen LogP contribution in [0.25, 0.3) is 11.1 Å². The molecular weight excluding hydrogens is 164 g/mol. The molecule has 0 spiro atoms. The molecule has 0 saturated heterocycles. The summed E-state index contributed by atoms with van der Waals surface area (Å²) in [4.78, 5) is 0. The van der Waals surface area contributed by atoms with Crippen LogP contribution in [0.5, 0.6) is 5.88 Å². The van der Waals surface area contributed by atoms with Crippen LogP contribution in [0.2, 0.25) is 0 Å². The minimum Gasteiger partial charge on any atom is -0.492 e. The maximum Gasteiger partial charge on any atom is 0.238 e. The van der Waals surface area contributed by atoms with Crippen LogP contribution in [-0.2, 0) is 0 Å². The minimum absolute atomic E-state index is 0.0336. The van der Waals surface area contributed by atoms with Crippen molar-refractivity contribution in [1.29, 1.82) is 0 Å². The lowest BCUT2D eigenvalue weighted by molar-refractivity contribution is 0.447. The molecule has 0 fully saturated rings. The van der Waals surface area contributed by atoms with E-state index in [2.05, 4.69) is 10.2 Å². The molecule has 64 valence electrons. The topological polar surface area (TPSA) is 46.0 Å². The van der Waals surface area contributed by atoms with Crippen LogP contribution >= 0.6 is 0 Å². The number of benzene rings is 1. The van der Waals surface area contributed by atoms with Crippen molar-refractivity contribution < 1.29 is 5.11 Å². The van der Waals surface area contributed by atoms with Gasteiger partial charge in [0.1, 0.15) is 0 Å². The Morgan fingerprint density at radius 1 is 1.00 bits per heavy atom. The van der Waals surface area contributed by atoms with E-state index in [4.69, 9.17) is 0 Å². The summed E-state index contributed by atoms with van der Waals surface area (Å²) in [5.41, 5.74) is 1.64. The lowest BCUT2D eigenvalue weighted by Crippen LogP contribution is -1.84. The van der Waals surface area contributed by atoms with Crippen LogP contribution in [-0.4, -0.2) is 15.3 Å². The molecule has 0 radical (unpaired) electrons. The quantitative estimate of drug-likeness (QED) is 0.714. The van der Waals surface area contributed by atoms with Crippen molar-refractivity contribution >= 4 is 0 Å². The minimum atomic E-state index is -0.0336. The summed E-state index contributed by atoms with van der Waals surface area (Å²) in [6.07, 6.45) is 1.56. The number of rotatable bonds is 1. The van der Waals surface area contributed by atoms with Gasteiger partial charge in [0, 0.05) is 5.56 Å². The summed E-state index contributed by atoms with van der Waals surface area (Å²) in [6, 6.07) is 11.3. The zero-order valence-electron chi connectivity index (χ0n) is 6.88. The standard InChI is InChI=1S/C10H8N2O/c13-10-9(6-7-11-12-10)8-4-2-1-3-5-8/h1-7H,(H,12,13). The van der Waals surface area contributed by atoms with Gasteiger partial charge in [-0.2, -0.15) is 5.10 Å². The van der Waals surface area contributed by atoms with Gasteiger partial charge < -0.3 is 5.11 Å². The maximum absolute atomic E-state index is 9.39. The molecule has 0 bridgehead atoms. The molecule has 0 aliphatic heterocycles. The van der Waals surface area contributed by atoms with E-state index in [1.165, 1.54) is 0 Å². The number of hydrogen-bond acceptors (Lipinski definition) is 3. The number of aromatic nitrogens is 2. The van der Waals surface area contributed by atoms with E-state index in [1.807, 2.05) is 30.3 Å². The fourth-order valence-electron chi connectivity index (χ4n) is 1.17. The molecular formula is C10H8N2O. The molecule has 0 aliphatic carbocycles. The van der Waals surface area contributed by atoms with Crippen LogP contribution in [0, 0.1) is 0 Å². The molecule has 0 aliphatic rings. The molecule has 1 heterocycles. The van der Waals surface area contributed by atoms with Gasteiger partial charge in [0.15, 0.2) is 0 Å². The van der Waals surface area contributed by atoms with Crippen molar-refractivity contribution in [2.75, 3.05) is 0 Å². The van der Waals surface area contributed by atoms with Crippen LogP contribution in [0.15, 0.2) is 42.6 Å². The first-order valence-corrected chi connectivity index (χ1v) is 3.94. The van der Waals surface area contributed by atoms with Crippen LogP contribution in [0.3, 0.4) is 0 Å². The van der Waals surface area contributed by atoms with E-state index < -0.39 is 0 Å². The highest BCUT2D eigenvalue weighted by Gasteiger charge is 2.02. The van der Waals surface area contributed by atoms with Gasteiger partial charge >= 0.3 is 0 Å². The number of hydrogen-bond donors (Lipinski definition) is 1. The lowest BCUT2D eigenvalue weighted by atomic mass is 10.1. The number of aromatic hydroxyl groups is 1. The first-order chi connectivity index (χ1) is 6.38. The second-order valence-electron chi connectivity index (χ2n) is 2.63. The Bertz CT molecular complexity index is 401. The van der Waals surface area contributed by atoms with Crippen molar-refractivity contribution in [1.82, 2.24) is 10.2 Å². The average Bonchev–Trinajstić information content (AvgIpc) is 2.20. The zero-order chi connectivity index (χ0) is 9.10. The summed E-state index contributed by atoms with van der Waals surface area (Å²) in [5.74, 6) is -0.0336. The lowest BCUT2D eigenvalue weighted by Gasteiger charge is -2.00. The second kappa shape index (κ2) is 3.23. The molecule has 1 aromatic heterocycles. The van der Waals surface area contributed by atoms with Crippen molar-refractivity contribution in [3.8, 4) is 17.0 Å². The first kappa shape index (κ1) is 7.73. The predicted molar refractivity (Wildman–Crippen MR) is 49.1 cm³/mol. The SMILES string of the molecule is Oc1nnccc1-c1ccccc1. The fraction of sp³-hybridized carbons (Fsp3) is 0. The first-order valence-electron chi connectivity index (χ1n) is 3.94. The van der Waals surface area contributed by atoms with Crippen molar-refractivity contribution in [3.63, 3.8) is 0 Å². The van der Waals surface area contributed by atoms with Gasteiger partial charge in [-0.3, -0.25) is 0 Å². The molecule has 2 aromatic rings. The van der Waals surface area contributed by atoms with E-state index in [1.54, 1.807) is 12.3 Å². The third kappa shape index (κ3) is 1.49. The highest BCUT2D eigenvalue weighted by atomic mass is 16.3.